The molecule has 7 heteroatoms. The van der Waals surface area contributed by atoms with Crippen LogP contribution in [0.4, 0.5) is 0 Å². The summed E-state index contributed by atoms with van der Waals surface area (Å²) in [5.41, 5.74) is 0.668. The first-order chi connectivity index (χ1) is 9.46. The molecule has 0 radical (unpaired) electrons. The van der Waals surface area contributed by atoms with Crippen molar-refractivity contribution < 1.29 is 12.8 Å². The maximum atomic E-state index is 12.5. The molecule has 0 N–H and O–H groups in total. The molecule has 104 valence electrons. The van der Waals surface area contributed by atoms with E-state index < -0.39 is 10.0 Å². The molecule has 0 aliphatic carbocycles. The molecule has 0 aliphatic rings. The molecular weight excluding hydrogens is 278 g/mol. The van der Waals surface area contributed by atoms with Crippen LogP contribution in [0.1, 0.15) is 17.0 Å². The highest BCUT2D eigenvalue weighted by Crippen LogP contribution is 2.20. The summed E-state index contributed by atoms with van der Waals surface area (Å²) in [7, 11) is -2.31. The minimum Gasteiger partial charge on any atom is -0.469 e. The van der Waals surface area contributed by atoms with Crippen molar-refractivity contribution in [3.8, 4) is 6.07 Å². The second-order valence-corrected chi connectivity index (χ2v) is 6.24. The first-order valence-electron chi connectivity index (χ1n) is 5.81. The summed E-state index contributed by atoms with van der Waals surface area (Å²) in [6, 6.07) is 6.37. The SMILES string of the molecule is Cc1occc1CN(C)S(=O)(=O)c1cccnc1C#N. The summed E-state index contributed by atoms with van der Waals surface area (Å²) in [5.74, 6) is 0.666. The van der Waals surface area contributed by atoms with E-state index in [1.54, 1.807) is 19.1 Å². The van der Waals surface area contributed by atoms with E-state index >= 15 is 0 Å². The van der Waals surface area contributed by atoms with Crippen LogP contribution in [-0.2, 0) is 16.6 Å². The van der Waals surface area contributed by atoms with Crippen molar-refractivity contribution >= 4 is 10.0 Å². The molecule has 0 amide bonds. The zero-order valence-corrected chi connectivity index (χ0v) is 11.9. The third kappa shape index (κ3) is 2.57. The van der Waals surface area contributed by atoms with Gasteiger partial charge in [0.05, 0.1) is 6.26 Å². The molecule has 0 fully saturated rings. The van der Waals surface area contributed by atoms with Gasteiger partial charge in [-0.25, -0.2) is 13.4 Å². The van der Waals surface area contributed by atoms with Gasteiger partial charge in [-0.05, 0) is 25.1 Å². The Bertz CT molecular complexity index is 759. The normalized spacial score (nSPS) is 11.5. The second kappa shape index (κ2) is 5.45. The third-order valence-electron chi connectivity index (χ3n) is 2.92. The lowest BCUT2D eigenvalue weighted by Gasteiger charge is -2.17. The predicted molar refractivity (Wildman–Crippen MR) is 71.0 cm³/mol. The Balaban J connectivity index is 2.35. The second-order valence-electron chi connectivity index (χ2n) is 4.23. The van der Waals surface area contributed by atoms with Crippen molar-refractivity contribution in [1.82, 2.24) is 9.29 Å². The first kappa shape index (κ1) is 14.2. The Morgan fingerprint density at radius 2 is 2.20 bits per heavy atom. The van der Waals surface area contributed by atoms with E-state index in [0.717, 1.165) is 5.56 Å². The number of hydrogen-bond acceptors (Lipinski definition) is 5. The van der Waals surface area contributed by atoms with E-state index in [1.807, 2.05) is 0 Å². The number of aryl methyl sites for hydroxylation is 1. The van der Waals surface area contributed by atoms with Crippen LogP contribution in [0, 0.1) is 18.3 Å². The van der Waals surface area contributed by atoms with E-state index in [2.05, 4.69) is 4.98 Å². The van der Waals surface area contributed by atoms with Crippen LogP contribution in [0.2, 0.25) is 0 Å². The Labute approximate surface area is 117 Å². The number of sulfonamides is 1. The van der Waals surface area contributed by atoms with Gasteiger partial charge < -0.3 is 4.42 Å². The van der Waals surface area contributed by atoms with Crippen LogP contribution in [-0.4, -0.2) is 24.8 Å². The summed E-state index contributed by atoms with van der Waals surface area (Å²) >= 11 is 0. The molecule has 0 saturated heterocycles. The van der Waals surface area contributed by atoms with Gasteiger partial charge in [0.2, 0.25) is 10.0 Å². The van der Waals surface area contributed by atoms with E-state index in [4.69, 9.17) is 9.68 Å². The molecule has 0 bridgehead atoms. The predicted octanol–water partition coefficient (Wildman–Crippen LogP) is 1.68. The number of aromatic nitrogens is 1. The van der Waals surface area contributed by atoms with Gasteiger partial charge in [0.25, 0.3) is 0 Å². The average molecular weight is 291 g/mol. The highest BCUT2D eigenvalue weighted by molar-refractivity contribution is 7.89. The van der Waals surface area contributed by atoms with Crippen LogP contribution in [0.15, 0.2) is 40.0 Å². The molecular formula is C13H13N3O3S. The van der Waals surface area contributed by atoms with Crippen LogP contribution in [0.5, 0.6) is 0 Å². The molecule has 0 spiro atoms. The topological polar surface area (TPSA) is 87.2 Å². The quantitative estimate of drug-likeness (QED) is 0.855. The molecule has 0 aromatic carbocycles. The van der Waals surface area contributed by atoms with E-state index in [1.165, 1.54) is 35.9 Å². The Hall–Kier alpha value is -2.17. The standard InChI is InChI=1S/C13H13N3O3S/c1-10-11(5-7-19-10)9-16(2)20(17,18)13-4-3-6-15-12(13)8-14/h3-7H,9H2,1-2H3. The van der Waals surface area contributed by atoms with Gasteiger partial charge in [-0.15, -0.1) is 0 Å². The molecule has 2 aromatic rings. The summed E-state index contributed by atoms with van der Waals surface area (Å²) in [4.78, 5) is 3.68. The molecule has 2 aromatic heterocycles. The molecule has 6 nitrogen and oxygen atoms in total. The molecule has 2 heterocycles. The van der Waals surface area contributed by atoms with Crippen molar-refractivity contribution in [2.24, 2.45) is 0 Å². The fourth-order valence-electron chi connectivity index (χ4n) is 1.75. The zero-order chi connectivity index (χ0) is 14.8. The number of rotatable bonds is 4. The average Bonchev–Trinajstić information content (AvgIpc) is 2.84. The lowest BCUT2D eigenvalue weighted by Crippen LogP contribution is -2.27. The van der Waals surface area contributed by atoms with Crippen molar-refractivity contribution in [3.63, 3.8) is 0 Å². The van der Waals surface area contributed by atoms with Crippen molar-refractivity contribution in [1.29, 1.82) is 5.26 Å². The highest BCUT2D eigenvalue weighted by atomic mass is 32.2. The van der Waals surface area contributed by atoms with E-state index in [-0.39, 0.29) is 17.1 Å². The van der Waals surface area contributed by atoms with Gasteiger partial charge in [0, 0.05) is 25.4 Å². The lowest BCUT2D eigenvalue weighted by molar-refractivity contribution is 0.458. The molecule has 0 saturated carbocycles. The fourth-order valence-corrected chi connectivity index (χ4v) is 2.99. The zero-order valence-electron chi connectivity index (χ0n) is 11.1. The Kier molecular flexibility index (Phi) is 3.88. The number of pyridine rings is 1. The van der Waals surface area contributed by atoms with Crippen LogP contribution >= 0.6 is 0 Å². The number of furan rings is 1. The first-order valence-corrected chi connectivity index (χ1v) is 7.25. The maximum Gasteiger partial charge on any atom is 0.246 e. The van der Waals surface area contributed by atoms with Gasteiger partial charge in [-0.3, -0.25) is 0 Å². The summed E-state index contributed by atoms with van der Waals surface area (Å²) in [5, 5.41) is 8.95. The van der Waals surface area contributed by atoms with Gasteiger partial charge in [-0.1, -0.05) is 0 Å². The summed E-state index contributed by atoms with van der Waals surface area (Å²) in [6.07, 6.45) is 2.90. The molecule has 0 aliphatic heterocycles. The fraction of sp³-hybridized carbons (Fsp3) is 0.231. The number of nitriles is 1. The largest absolute Gasteiger partial charge is 0.469 e. The molecule has 20 heavy (non-hydrogen) atoms. The highest BCUT2D eigenvalue weighted by Gasteiger charge is 2.25. The Morgan fingerprint density at radius 1 is 1.45 bits per heavy atom. The van der Waals surface area contributed by atoms with Crippen molar-refractivity contribution in [3.05, 3.63) is 47.7 Å². The summed E-state index contributed by atoms with van der Waals surface area (Å²) < 4.78 is 31.2. The van der Waals surface area contributed by atoms with E-state index in [0.29, 0.717) is 5.76 Å². The molecule has 2 rings (SSSR count). The van der Waals surface area contributed by atoms with Crippen molar-refractivity contribution in [2.45, 2.75) is 18.4 Å². The Morgan fingerprint density at radius 3 is 2.80 bits per heavy atom. The third-order valence-corrected chi connectivity index (χ3v) is 4.76. The van der Waals surface area contributed by atoms with Crippen LogP contribution in [0.25, 0.3) is 0 Å². The van der Waals surface area contributed by atoms with E-state index in [9.17, 15) is 8.42 Å². The number of hydrogen-bond donors (Lipinski definition) is 0. The minimum absolute atomic E-state index is 0.0915. The van der Waals surface area contributed by atoms with Gasteiger partial charge in [-0.2, -0.15) is 9.57 Å². The van der Waals surface area contributed by atoms with Crippen LogP contribution in [0.3, 0.4) is 0 Å². The van der Waals surface area contributed by atoms with Gasteiger partial charge in [0.1, 0.15) is 16.7 Å². The van der Waals surface area contributed by atoms with Gasteiger partial charge in [0.15, 0.2) is 5.69 Å². The monoisotopic (exact) mass is 291 g/mol. The van der Waals surface area contributed by atoms with Crippen LogP contribution < -0.4 is 0 Å². The molecule has 0 atom stereocenters. The smallest absolute Gasteiger partial charge is 0.246 e. The minimum atomic E-state index is -3.77. The van der Waals surface area contributed by atoms with Gasteiger partial charge >= 0.3 is 0 Å². The molecule has 0 unspecified atom stereocenters. The van der Waals surface area contributed by atoms with Crippen molar-refractivity contribution in [2.75, 3.05) is 7.05 Å². The lowest BCUT2D eigenvalue weighted by atomic mass is 10.3. The number of nitrogens with zero attached hydrogens (tertiary/aromatic N) is 3. The maximum absolute atomic E-state index is 12.5. The summed E-state index contributed by atoms with van der Waals surface area (Å²) in [6.45, 7) is 1.94.